The minimum absolute atomic E-state index is 0.498. The highest BCUT2D eigenvalue weighted by Gasteiger charge is 1.93. The molecule has 0 aromatic carbocycles. The number of hydrogen-bond acceptors (Lipinski definition) is 1. The average Bonchev–Trinajstić information content (AvgIpc) is 2.00. The van der Waals surface area contributed by atoms with Crippen molar-refractivity contribution in [2.75, 3.05) is 0 Å². The second-order valence-electron chi connectivity index (χ2n) is 3.02. The molecule has 0 heterocycles. The standard InChI is InChI=1S/C11H17N/c1-6-12-11(5)8-7-10(4)9(2)3/h6-9H,1,4H2,2-3,5H3/b8-7-,12-11-. The quantitative estimate of drug-likeness (QED) is 0.445. The van der Waals surface area contributed by atoms with Crippen LogP contribution >= 0.6 is 0 Å². The number of hydrogen-bond donors (Lipinski definition) is 0. The summed E-state index contributed by atoms with van der Waals surface area (Å²) in [6.45, 7) is 13.6. The van der Waals surface area contributed by atoms with Crippen LogP contribution in [0.1, 0.15) is 20.8 Å². The lowest BCUT2D eigenvalue weighted by atomic mass is 10.0. The first-order chi connectivity index (χ1) is 5.57. The Morgan fingerprint density at radius 1 is 1.33 bits per heavy atom. The average molecular weight is 163 g/mol. The van der Waals surface area contributed by atoms with E-state index in [4.69, 9.17) is 0 Å². The molecule has 0 aromatic rings. The summed E-state index contributed by atoms with van der Waals surface area (Å²) in [6, 6.07) is 0. The van der Waals surface area contributed by atoms with Crippen molar-refractivity contribution in [2.45, 2.75) is 20.8 Å². The molecule has 0 saturated carbocycles. The van der Waals surface area contributed by atoms with Crippen molar-refractivity contribution in [1.82, 2.24) is 0 Å². The van der Waals surface area contributed by atoms with E-state index in [2.05, 4.69) is 32.0 Å². The van der Waals surface area contributed by atoms with Crippen molar-refractivity contribution >= 4 is 5.71 Å². The lowest BCUT2D eigenvalue weighted by Gasteiger charge is -2.01. The zero-order valence-corrected chi connectivity index (χ0v) is 8.17. The largest absolute Gasteiger partial charge is 0.262 e. The predicted molar refractivity (Wildman–Crippen MR) is 56.4 cm³/mol. The fraction of sp³-hybridized carbons (Fsp3) is 0.364. The van der Waals surface area contributed by atoms with Crippen LogP contribution < -0.4 is 0 Å². The summed E-state index contributed by atoms with van der Waals surface area (Å²) >= 11 is 0. The van der Waals surface area contributed by atoms with Crippen molar-refractivity contribution in [3.8, 4) is 0 Å². The Balaban J connectivity index is 4.16. The summed E-state index contributed by atoms with van der Waals surface area (Å²) < 4.78 is 0. The topological polar surface area (TPSA) is 12.4 Å². The highest BCUT2D eigenvalue weighted by Crippen LogP contribution is 2.07. The monoisotopic (exact) mass is 163 g/mol. The molecule has 0 N–H and O–H groups in total. The Hall–Kier alpha value is -1.11. The van der Waals surface area contributed by atoms with E-state index >= 15 is 0 Å². The molecule has 12 heavy (non-hydrogen) atoms. The third-order valence-corrected chi connectivity index (χ3v) is 1.58. The molecule has 0 atom stereocenters. The van der Waals surface area contributed by atoms with Crippen molar-refractivity contribution in [3.05, 3.63) is 37.1 Å². The van der Waals surface area contributed by atoms with Gasteiger partial charge in [-0.2, -0.15) is 0 Å². The van der Waals surface area contributed by atoms with Crippen LogP contribution in [0.5, 0.6) is 0 Å². The number of nitrogens with zero attached hydrogens (tertiary/aromatic N) is 1. The predicted octanol–water partition coefficient (Wildman–Crippen LogP) is 3.36. The molecule has 0 aliphatic rings. The lowest BCUT2D eigenvalue weighted by molar-refractivity contribution is 0.795. The molecule has 0 aromatic heterocycles. The molecule has 0 aliphatic carbocycles. The molecule has 0 saturated heterocycles. The number of rotatable bonds is 4. The smallest absolute Gasteiger partial charge is 0.0372 e. The van der Waals surface area contributed by atoms with Gasteiger partial charge in [0.1, 0.15) is 0 Å². The van der Waals surface area contributed by atoms with Gasteiger partial charge in [0, 0.05) is 11.9 Å². The van der Waals surface area contributed by atoms with Gasteiger partial charge in [0.2, 0.25) is 0 Å². The van der Waals surface area contributed by atoms with Crippen LogP contribution in [0, 0.1) is 5.92 Å². The van der Waals surface area contributed by atoms with Crippen molar-refractivity contribution in [1.29, 1.82) is 0 Å². The van der Waals surface area contributed by atoms with Gasteiger partial charge in [0.15, 0.2) is 0 Å². The van der Waals surface area contributed by atoms with Crippen LogP contribution in [0.4, 0.5) is 0 Å². The molecule has 1 nitrogen and oxygen atoms in total. The van der Waals surface area contributed by atoms with Gasteiger partial charge < -0.3 is 0 Å². The molecule has 0 fully saturated rings. The fourth-order valence-electron chi connectivity index (χ4n) is 0.607. The van der Waals surface area contributed by atoms with Crippen molar-refractivity contribution < 1.29 is 0 Å². The molecule has 0 unspecified atom stereocenters. The Morgan fingerprint density at radius 3 is 2.33 bits per heavy atom. The number of aliphatic imine (C=N–C) groups is 1. The molecule has 66 valence electrons. The maximum Gasteiger partial charge on any atom is 0.0372 e. The molecule has 0 bridgehead atoms. The first-order valence-electron chi connectivity index (χ1n) is 4.10. The van der Waals surface area contributed by atoms with Crippen LogP contribution in [0.3, 0.4) is 0 Å². The highest BCUT2D eigenvalue weighted by molar-refractivity contribution is 5.93. The Morgan fingerprint density at radius 2 is 1.92 bits per heavy atom. The van der Waals surface area contributed by atoms with Gasteiger partial charge in [0.05, 0.1) is 0 Å². The van der Waals surface area contributed by atoms with E-state index in [9.17, 15) is 0 Å². The van der Waals surface area contributed by atoms with E-state index < -0.39 is 0 Å². The van der Waals surface area contributed by atoms with E-state index in [0.29, 0.717) is 5.92 Å². The molecular weight excluding hydrogens is 146 g/mol. The molecule has 0 aliphatic heterocycles. The van der Waals surface area contributed by atoms with Crippen LogP contribution in [0.15, 0.2) is 42.1 Å². The SMILES string of the molecule is C=C/N=C(C)\C=C/C(=C)C(C)C. The Labute approximate surface area is 75.2 Å². The maximum absolute atomic E-state index is 4.01. The van der Waals surface area contributed by atoms with Crippen LogP contribution in [0.2, 0.25) is 0 Å². The summed E-state index contributed by atoms with van der Waals surface area (Å²) in [5, 5.41) is 0. The molecule has 0 radical (unpaired) electrons. The summed E-state index contributed by atoms with van der Waals surface area (Å²) in [5.41, 5.74) is 2.07. The zero-order chi connectivity index (χ0) is 9.56. The van der Waals surface area contributed by atoms with Gasteiger partial charge in [-0.15, -0.1) is 0 Å². The second-order valence-corrected chi connectivity index (χ2v) is 3.02. The van der Waals surface area contributed by atoms with E-state index in [1.807, 2.05) is 19.1 Å². The molecule has 0 amide bonds. The second kappa shape index (κ2) is 5.53. The van der Waals surface area contributed by atoms with Gasteiger partial charge in [0.25, 0.3) is 0 Å². The van der Waals surface area contributed by atoms with Gasteiger partial charge in [-0.05, 0) is 18.9 Å². The normalized spacial score (nSPS) is 12.5. The van der Waals surface area contributed by atoms with Gasteiger partial charge in [-0.1, -0.05) is 38.7 Å². The van der Waals surface area contributed by atoms with Crippen molar-refractivity contribution in [2.24, 2.45) is 10.9 Å². The third-order valence-electron chi connectivity index (χ3n) is 1.58. The minimum atomic E-state index is 0.498. The van der Waals surface area contributed by atoms with Gasteiger partial charge in [-0.25, -0.2) is 0 Å². The molecule has 0 spiro atoms. The molecular formula is C11H17N. The van der Waals surface area contributed by atoms with E-state index in [1.54, 1.807) is 0 Å². The Kier molecular flexibility index (Phi) is 5.02. The summed E-state index contributed by atoms with van der Waals surface area (Å²) in [4.78, 5) is 4.01. The van der Waals surface area contributed by atoms with Crippen LogP contribution in [-0.2, 0) is 0 Å². The van der Waals surface area contributed by atoms with Crippen LogP contribution in [-0.4, -0.2) is 5.71 Å². The van der Waals surface area contributed by atoms with Crippen LogP contribution in [0.25, 0.3) is 0 Å². The lowest BCUT2D eigenvalue weighted by Crippen LogP contribution is -1.89. The number of allylic oxidation sites excluding steroid dienone is 3. The van der Waals surface area contributed by atoms with E-state index in [0.717, 1.165) is 11.3 Å². The minimum Gasteiger partial charge on any atom is -0.262 e. The van der Waals surface area contributed by atoms with Crippen molar-refractivity contribution in [3.63, 3.8) is 0 Å². The molecule has 0 rings (SSSR count). The molecule has 1 heteroatoms. The van der Waals surface area contributed by atoms with E-state index in [1.165, 1.54) is 6.20 Å². The highest BCUT2D eigenvalue weighted by atomic mass is 14.7. The third kappa shape index (κ3) is 4.67. The summed E-state index contributed by atoms with van der Waals surface area (Å²) in [7, 11) is 0. The van der Waals surface area contributed by atoms with Gasteiger partial charge in [-0.3, -0.25) is 4.99 Å². The zero-order valence-electron chi connectivity index (χ0n) is 8.17. The summed E-state index contributed by atoms with van der Waals surface area (Å²) in [5.74, 6) is 0.498. The maximum atomic E-state index is 4.01. The Bertz CT molecular complexity index is 219. The first-order valence-corrected chi connectivity index (χ1v) is 4.10. The fourth-order valence-corrected chi connectivity index (χ4v) is 0.607. The first kappa shape index (κ1) is 10.9. The van der Waals surface area contributed by atoms with Gasteiger partial charge >= 0.3 is 0 Å². The summed E-state index contributed by atoms with van der Waals surface area (Å²) in [6.07, 6.45) is 5.48. The van der Waals surface area contributed by atoms with E-state index in [-0.39, 0.29) is 0 Å².